The number of hydrogen-bond donors (Lipinski definition) is 1. The third-order valence-corrected chi connectivity index (χ3v) is 3.67. The van der Waals surface area contributed by atoms with Gasteiger partial charge in [-0.15, -0.1) is 0 Å². The van der Waals surface area contributed by atoms with Crippen LogP contribution in [0.5, 0.6) is 0 Å². The van der Waals surface area contributed by atoms with Crippen LogP contribution in [0, 0.1) is 0 Å². The Kier molecular flexibility index (Phi) is 3.82. The summed E-state index contributed by atoms with van der Waals surface area (Å²) in [6.45, 7) is 1.98. The molecule has 1 aromatic rings. The summed E-state index contributed by atoms with van der Waals surface area (Å²) in [5.41, 5.74) is 1.08. The van der Waals surface area contributed by atoms with Crippen molar-refractivity contribution in [2.75, 3.05) is 7.05 Å². The second-order valence-corrected chi connectivity index (χ2v) is 5.41. The molecule has 2 rings (SSSR count). The number of imide groups is 1. The van der Waals surface area contributed by atoms with Gasteiger partial charge in [0.2, 0.25) is 11.8 Å². The van der Waals surface area contributed by atoms with E-state index < -0.39 is 6.04 Å². The highest BCUT2D eigenvalue weighted by atomic mass is 79.9. The highest BCUT2D eigenvalue weighted by molar-refractivity contribution is 9.10. The number of carbonyl (C=O) groups is 2. The number of likely N-dealkylation sites (tertiary alicyclic amines) is 1. The molecule has 18 heavy (non-hydrogen) atoms. The maximum Gasteiger partial charge on any atom is 0.246 e. The van der Waals surface area contributed by atoms with E-state index in [9.17, 15) is 9.59 Å². The summed E-state index contributed by atoms with van der Waals surface area (Å²) in [5, 5.41) is 3.20. The fraction of sp³-hybridized carbons (Fsp3) is 0.385. The molecule has 1 saturated heterocycles. The smallest absolute Gasteiger partial charge is 0.246 e. The standard InChI is InChI=1S/C13H15BrN2O2/c1-8(9-4-3-5-10(14)6-9)15-11-7-12(17)16(2)13(11)18/h3-6,8,11,15H,7H2,1-2H3/t8-,11?/m0/s1. The van der Waals surface area contributed by atoms with E-state index in [0.717, 1.165) is 10.0 Å². The summed E-state index contributed by atoms with van der Waals surface area (Å²) >= 11 is 3.42. The van der Waals surface area contributed by atoms with Gasteiger partial charge < -0.3 is 0 Å². The van der Waals surface area contributed by atoms with Gasteiger partial charge in [-0.05, 0) is 24.6 Å². The van der Waals surface area contributed by atoms with Crippen LogP contribution >= 0.6 is 15.9 Å². The summed E-state index contributed by atoms with van der Waals surface area (Å²) in [5.74, 6) is -0.277. The molecule has 5 heteroatoms. The Morgan fingerprint density at radius 1 is 1.44 bits per heavy atom. The lowest BCUT2D eigenvalue weighted by Gasteiger charge is -2.18. The van der Waals surface area contributed by atoms with E-state index >= 15 is 0 Å². The largest absolute Gasteiger partial charge is 0.299 e. The molecule has 0 radical (unpaired) electrons. The maximum absolute atomic E-state index is 11.8. The number of amides is 2. The number of benzene rings is 1. The zero-order valence-corrected chi connectivity index (χ0v) is 11.9. The molecule has 0 saturated carbocycles. The maximum atomic E-state index is 11.8. The third-order valence-electron chi connectivity index (χ3n) is 3.18. The van der Waals surface area contributed by atoms with Gasteiger partial charge in [0.1, 0.15) is 0 Å². The minimum atomic E-state index is -0.406. The predicted molar refractivity (Wildman–Crippen MR) is 71.9 cm³/mol. The first-order chi connectivity index (χ1) is 8.49. The van der Waals surface area contributed by atoms with E-state index in [1.165, 1.54) is 11.9 Å². The van der Waals surface area contributed by atoms with Crippen molar-refractivity contribution < 1.29 is 9.59 Å². The number of carbonyl (C=O) groups excluding carboxylic acids is 2. The van der Waals surface area contributed by atoms with Gasteiger partial charge in [-0.2, -0.15) is 0 Å². The molecule has 0 spiro atoms. The number of nitrogens with one attached hydrogen (secondary N) is 1. The highest BCUT2D eigenvalue weighted by Gasteiger charge is 2.36. The van der Waals surface area contributed by atoms with Gasteiger partial charge in [-0.25, -0.2) is 0 Å². The molecule has 4 nitrogen and oxygen atoms in total. The van der Waals surface area contributed by atoms with Crippen LogP contribution in [0.3, 0.4) is 0 Å². The third kappa shape index (κ3) is 2.62. The Hall–Kier alpha value is -1.20. The molecule has 96 valence electrons. The normalized spacial score (nSPS) is 21.5. The molecule has 0 aromatic heterocycles. The summed E-state index contributed by atoms with van der Waals surface area (Å²) < 4.78 is 1.000. The van der Waals surface area contributed by atoms with Gasteiger partial charge in [-0.3, -0.25) is 19.8 Å². The number of nitrogens with zero attached hydrogens (tertiary/aromatic N) is 1. The summed E-state index contributed by atoms with van der Waals surface area (Å²) in [6, 6.07) is 7.52. The van der Waals surface area contributed by atoms with Crippen molar-refractivity contribution in [1.82, 2.24) is 10.2 Å². The molecule has 1 aromatic carbocycles. The van der Waals surface area contributed by atoms with E-state index in [-0.39, 0.29) is 24.3 Å². The van der Waals surface area contributed by atoms with Gasteiger partial charge in [0.05, 0.1) is 12.5 Å². The first-order valence-corrected chi connectivity index (χ1v) is 6.60. The van der Waals surface area contributed by atoms with E-state index in [1.807, 2.05) is 31.2 Å². The molecule has 1 unspecified atom stereocenters. The lowest BCUT2D eigenvalue weighted by atomic mass is 10.1. The van der Waals surface area contributed by atoms with Crippen LogP contribution in [0.15, 0.2) is 28.7 Å². The van der Waals surface area contributed by atoms with Crippen molar-refractivity contribution in [2.45, 2.75) is 25.4 Å². The zero-order valence-electron chi connectivity index (χ0n) is 10.3. The fourth-order valence-electron chi connectivity index (χ4n) is 2.06. The zero-order chi connectivity index (χ0) is 13.3. The van der Waals surface area contributed by atoms with E-state index in [1.54, 1.807) is 0 Å². The van der Waals surface area contributed by atoms with Crippen LogP contribution in [0.2, 0.25) is 0 Å². The van der Waals surface area contributed by atoms with E-state index in [2.05, 4.69) is 21.2 Å². The van der Waals surface area contributed by atoms with Crippen molar-refractivity contribution in [2.24, 2.45) is 0 Å². The molecule has 1 fully saturated rings. The molecule has 2 atom stereocenters. The Balaban J connectivity index is 2.06. The Morgan fingerprint density at radius 3 is 2.72 bits per heavy atom. The van der Waals surface area contributed by atoms with Crippen molar-refractivity contribution in [3.8, 4) is 0 Å². The average molecular weight is 311 g/mol. The fourth-order valence-corrected chi connectivity index (χ4v) is 2.48. The molecule has 1 heterocycles. The lowest BCUT2D eigenvalue weighted by molar-refractivity contribution is -0.137. The Labute approximate surface area is 114 Å². The van der Waals surface area contributed by atoms with E-state index in [0.29, 0.717) is 0 Å². The van der Waals surface area contributed by atoms with Gasteiger partial charge in [0.25, 0.3) is 0 Å². The van der Waals surface area contributed by atoms with Crippen LogP contribution in [0.1, 0.15) is 24.9 Å². The lowest BCUT2D eigenvalue weighted by Crippen LogP contribution is -2.38. The molecular weight excluding hydrogens is 296 g/mol. The van der Waals surface area contributed by atoms with Crippen molar-refractivity contribution in [3.63, 3.8) is 0 Å². The van der Waals surface area contributed by atoms with Crippen LogP contribution < -0.4 is 5.32 Å². The quantitative estimate of drug-likeness (QED) is 0.867. The summed E-state index contributed by atoms with van der Waals surface area (Å²) in [4.78, 5) is 24.4. The van der Waals surface area contributed by atoms with Crippen molar-refractivity contribution >= 4 is 27.7 Å². The van der Waals surface area contributed by atoms with Gasteiger partial charge in [0.15, 0.2) is 0 Å². The molecule has 1 aliphatic rings. The number of hydrogen-bond acceptors (Lipinski definition) is 3. The number of likely N-dealkylation sites (N-methyl/N-ethyl adjacent to an activating group) is 1. The predicted octanol–water partition coefficient (Wildman–Crippen LogP) is 1.86. The topological polar surface area (TPSA) is 49.4 Å². The Bertz CT molecular complexity index is 490. The highest BCUT2D eigenvalue weighted by Crippen LogP contribution is 2.20. The average Bonchev–Trinajstić information content (AvgIpc) is 2.57. The SMILES string of the molecule is C[C@H](NC1CC(=O)N(C)C1=O)c1cccc(Br)c1. The van der Waals surface area contributed by atoms with Crippen LogP contribution in [0.25, 0.3) is 0 Å². The molecule has 0 aliphatic carbocycles. The van der Waals surface area contributed by atoms with Crippen molar-refractivity contribution in [1.29, 1.82) is 0 Å². The second kappa shape index (κ2) is 5.20. The Morgan fingerprint density at radius 2 is 2.17 bits per heavy atom. The number of rotatable bonds is 3. The van der Waals surface area contributed by atoms with Crippen LogP contribution in [-0.4, -0.2) is 29.8 Å². The second-order valence-electron chi connectivity index (χ2n) is 4.49. The van der Waals surface area contributed by atoms with Gasteiger partial charge >= 0.3 is 0 Å². The molecule has 1 aliphatic heterocycles. The van der Waals surface area contributed by atoms with Crippen LogP contribution in [-0.2, 0) is 9.59 Å². The first-order valence-electron chi connectivity index (χ1n) is 5.81. The van der Waals surface area contributed by atoms with Gasteiger partial charge in [-0.1, -0.05) is 28.1 Å². The minimum absolute atomic E-state index is 0.0238. The number of halogens is 1. The van der Waals surface area contributed by atoms with Crippen molar-refractivity contribution in [3.05, 3.63) is 34.3 Å². The van der Waals surface area contributed by atoms with E-state index in [4.69, 9.17) is 0 Å². The molecule has 0 bridgehead atoms. The monoisotopic (exact) mass is 310 g/mol. The first kappa shape index (κ1) is 13.2. The van der Waals surface area contributed by atoms with Gasteiger partial charge in [0, 0.05) is 17.6 Å². The molecular formula is C13H15BrN2O2. The molecule has 1 N–H and O–H groups in total. The minimum Gasteiger partial charge on any atom is -0.299 e. The summed E-state index contributed by atoms with van der Waals surface area (Å²) in [7, 11) is 1.52. The molecule has 2 amide bonds. The van der Waals surface area contributed by atoms with Crippen LogP contribution in [0.4, 0.5) is 0 Å². The summed E-state index contributed by atoms with van der Waals surface area (Å²) in [6.07, 6.45) is 0.244.